The molecule has 108 valence electrons. The van der Waals surface area contributed by atoms with Crippen molar-refractivity contribution in [3.63, 3.8) is 0 Å². The Bertz CT molecular complexity index is 545. The van der Waals surface area contributed by atoms with Crippen LogP contribution in [0.5, 0.6) is 0 Å². The number of carbonyl (C=O) groups excluding carboxylic acids is 1. The molecule has 1 aliphatic rings. The number of amides is 1. The zero-order chi connectivity index (χ0) is 14.7. The van der Waals surface area contributed by atoms with Gasteiger partial charge >= 0.3 is 0 Å². The first kappa shape index (κ1) is 15.0. The highest BCUT2D eigenvalue weighted by atomic mass is 35.5. The number of non-ortho nitro benzene ring substituents is 1. The van der Waals surface area contributed by atoms with E-state index in [1.165, 1.54) is 0 Å². The molecule has 1 saturated heterocycles. The van der Waals surface area contributed by atoms with Crippen molar-refractivity contribution >= 4 is 34.8 Å². The Hall–Kier alpha value is -1.37. The number of benzene rings is 1. The summed E-state index contributed by atoms with van der Waals surface area (Å²) in [7, 11) is 0. The molecule has 1 aliphatic heterocycles. The van der Waals surface area contributed by atoms with Crippen molar-refractivity contribution in [2.24, 2.45) is 0 Å². The van der Waals surface area contributed by atoms with Crippen LogP contribution < -0.4 is 10.6 Å². The van der Waals surface area contributed by atoms with Crippen LogP contribution in [0.1, 0.15) is 23.2 Å². The zero-order valence-corrected chi connectivity index (χ0v) is 12.0. The molecule has 0 aromatic heterocycles. The molecule has 20 heavy (non-hydrogen) atoms. The molecule has 1 heterocycles. The minimum absolute atomic E-state index is 0.00925. The van der Waals surface area contributed by atoms with E-state index in [1.807, 2.05) is 0 Å². The Morgan fingerprint density at radius 1 is 1.50 bits per heavy atom. The summed E-state index contributed by atoms with van der Waals surface area (Å²) in [4.78, 5) is 22.2. The molecule has 0 spiro atoms. The Labute approximate surface area is 125 Å². The van der Waals surface area contributed by atoms with E-state index in [9.17, 15) is 14.9 Å². The van der Waals surface area contributed by atoms with Gasteiger partial charge in [-0.3, -0.25) is 14.9 Å². The monoisotopic (exact) mass is 317 g/mol. The fraction of sp³-hybridized carbons (Fsp3) is 0.417. The molecule has 8 heteroatoms. The number of halogens is 2. The fourth-order valence-corrected chi connectivity index (χ4v) is 2.50. The van der Waals surface area contributed by atoms with Gasteiger partial charge in [-0.25, -0.2) is 0 Å². The molecule has 1 atom stereocenters. The molecule has 6 nitrogen and oxygen atoms in total. The average molecular weight is 318 g/mol. The van der Waals surface area contributed by atoms with Crippen LogP contribution in [0.4, 0.5) is 5.69 Å². The van der Waals surface area contributed by atoms with Crippen LogP contribution in [0.3, 0.4) is 0 Å². The van der Waals surface area contributed by atoms with Gasteiger partial charge in [0.2, 0.25) is 0 Å². The lowest BCUT2D eigenvalue weighted by atomic mass is 10.1. The van der Waals surface area contributed by atoms with Gasteiger partial charge in [0.05, 0.1) is 20.5 Å². The van der Waals surface area contributed by atoms with Crippen molar-refractivity contribution in [3.05, 3.63) is 37.9 Å². The molecular formula is C12H13Cl2N3O3. The molecule has 1 fully saturated rings. The second-order valence-corrected chi connectivity index (χ2v) is 5.33. The van der Waals surface area contributed by atoms with Gasteiger partial charge in [-0.05, 0) is 19.4 Å². The minimum atomic E-state index is -0.614. The number of carbonyl (C=O) groups is 1. The Morgan fingerprint density at radius 2 is 2.25 bits per heavy atom. The summed E-state index contributed by atoms with van der Waals surface area (Å²) in [6.07, 6.45) is 2.06. The highest BCUT2D eigenvalue weighted by molar-refractivity contribution is 6.44. The van der Waals surface area contributed by atoms with Gasteiger partial charge in [0, 0.05) is 24.7 Å². The van der Waals surface area contributed by atoms with E-state index >= 15 is 0 Å². The normalized spacial score (nSPS) is 18.0. The van der Waals surface area contributed by atoms with Gasteiger partial charge < -0.3 is 10.6 Å². The lowest BCUT2D eigenvalue weighted by Gasteiger charge is -2.12. The van der Waals surface area contributed by atoms with Crippen LogP contribution in [-0.4, -0.2) is 30.0 Å². The molecule has 1 amide bonds. The molecular weight excluding hydrogens is 305 g/mol. The maximum atomic E-state index is 12.0. The summed E-state index contributed by atoms with van der Waals surface area (Å²) in [5, 5.41) is 16.7. The van der Waals surface area contributed by atoms with Gasteiger partial charge in [0.15, 0.2) is 0 Å². The first-order valence-corrected chi connectivity index (χ1v) is 6.89. The van der Waals surface area contributed by atoms with E-state index in [0.717, 1.165) is 31.5 Å². The average Bonchev–Trinajstić information content (AvgIpc) is 2.92. The Balaban J connectivity index is 2.13. The number of hydrogen-bond donors (Lipinski definition) is 2. The first-order chi connectivity index (χ1) is 9.49. The number of nitrogens with zero attached hydrogens (tertiary/aromatic N) is 1. The van der Waals surface area contributed by atoms with Crippen LogP contribution >= 0.6 is 23.2 Å². The van der Waals surface area contributed by atoms with Crippen molar-refractivity contribution in [3.8, 4) is 0 Å². The molecule has 1 unspecified atom stereocenters. The quantitative estimate of drug-likeness (QED) is 0.659. The minimum Gasteiger partial charge on any atom is -0.350 e. The van der Waals surface area contributed by atoms with E-state index in [0.29, 0.717) is 6.54 Å². The largest absolute Gasteiger partial charge is 0.350 e. The van der Waals surface area contributed by atoms with Crippen LogP contribution in [0.2, 0.25) is 10.0 Å². The fourth-order valence-electron chi connectivity index (χ4n) is 2.09. The van der Waals surface area contributed by atoms with Gasteiger partial charge in [0.25, 0.3) is 11.6 Å². The van der Waals surface area contributed by atoms with Crippen LogP contribution in [-0.2, 0) is 0 Å². The molecule has 0 radical (unpaired) electrons. The van der Waals surface area contributed by atoms with E-state index < -0.39 is 10.8 Å². The second kappa shape index (κ2) is 6.39. The van der Waals surface area contributed by atoms with E-state index in [-0.39, 0.29) is 27.3 Å². The lowest BCUT2D eigenvalue weighted by Crippen LogP contribution is -2.37. The van der Waals surface area contributed by atoms with Crippen molar-refractivity contribution in [1.82, 2.24) is 10.6 Å². The third-order valence-corrected chi connectivity index (χ3v) is 3.94. The second-order valence-electron chi connectivity index (χ2n) is 4.55. The zero-order valence-electron chi connectivity index (χ0n) is 10.5. The summed E-state index contributed by atoms with van der Waals surface area (Å²) in [6.45, 7) is 1.39. The summed E-state index contributed by atoms with van der Waals surface area (Å²) in [5.41, 5.74) is -0.243. The van der Waals surface area contributed by atoms with Gasteiger partial charge in [-0.15, -0.1) is 0 Å². The number of hydrogen-bond acceptors (Lipinski definition) is 4. The summed E-state index contributed by atoms with van der Waals surface area (Å²) >= 11 is 11.7. The number of nitro groups is 1. The van der Waals surface area contributed by atoms with Crippen LogP contribution in [0.15, 0.2) is 12.1 Å². The summed E-state index contributed by atoms with van der Waals surface area (Å²) in [5.74, 6) is -0.464. The van der Waals surface area contributed by atoms with Crippen molar-refractivity contribution < 1.29 is 9.72 Å². The molecule has 0 bridgehead atoms. The third kappa shape index (κ3) is 3.39. The van der Waals surface area contributed by atoms with Gasteiger partial charge in [0.1, 0.15) is 0 Å². The number of rotatable bonds is 4. The van der Waals surface area contributed by atoms with Crippen molar-refractivity contribution in [2.75, 3.05) is 13.1 Å². The number of nitrogens with one attached hydrogen (secondary N) is 2. The first-order valence-electron chi connectivity index (χ1n) is 6.14. The number of nitro benzene ring substituents is 1. The lowest BCUT2D eigenvalue weighted by molar-refractivity contribution is -0.384. The topological polar surface area (TPSA) is 84.3 Å². The maximum absolute atomic E-state index is 12.0. The highest BCUT2D eigenvalue weighted by Crippen LogP contribution is 2.30. The Kier molecular flexibility index (Phi) is 4.80. The highest BCUT2D eigenvalue weighted by Gasteiger charge is 2.21. The van der Waals surface area contributed by atoms with Crippen molar-refractivity contribution in [1.29, 1.82) is 0 Å². The third-order valence-electron chi connectivity index (χ3n) is 3.14. The predicted octanol–water partition coefficient (Wildman–Crippen LogP) is 2.38. The van der Waals surface area contributed by atoms with Gasteiger partial charge in [-0.1, -0.05) is 23.2 Å². The van der Waals surface area contributed by atoms with E-state index in [2.05, 4.69) is 10.6 Å². The predicted molar refractivity (Wildman–Crippen MR) is 76.5 cm³/mol. The van der Waals surface area contributed by atoms with Crippen LogP contribution in [0, 0.1) is 10.1 Å². The Morgan fingerprint density at radius 3 is 2.85 bits per heavy atom. The molecule has 0 saturated carbocycles. The molecule has 2 N–H and O–H groups in total. The maximum Gasteiger partial charge on any atom is 0.271 e. The SMILES string of the molecule is O=C(NCC1CCCN1)c1cc([N+](=O)[O-])cc(Cl)c1Cl. The summed E-state index contributed by atoms with van der Waals surface area (Å²) in [6, 6.07) is 2.48. The molecule has 2 rings (SSSR count). The molecule has 0 aliphatic carbocycles. The standard InChI is InChI=1S/C12H13Cl2N3O3/c13-10-5-8(17(19)20)4-9(11(10)14)12(18)16-6-7-2-1-3-15-7/h4-5,7,15H,1-3,6H2,(H,16,18). The smallest absolute Gasteiger partial charge is 0.271 e. The molecule has 1 aromatic carbocycles. The van der Waals surface area contributed by atoms with Gasteiger partial charge in [-0.2, -0.15) is 0 Å². The van der Waals surface area contributed by atoms with Crippen LogP contribution in [0.25, 0.3) is 0 Å². The van der Waals surface area contributed by atoms with E-state index in [1.54, 1.807) is 0 Å². The molecule has 1 aromatic rings. The van der Waals surface area contributed by atoms with Crippen molar-refractivity contribution in [2.45, 2.75) is 18.9 Å². The van der Waals surface area contributed by atoms with E-state index in [4.69, 9.17) is 23.2 Å². The summed E-state index contributed by atoms with van der Waals surface area (Å²) < 4.78 is 0.